The molecule has 0 aromatic carbocycles. The van der Waals surface area contributed by atoms with Gasteiger partial charge in [0.15, 0.2) is 6.10 Å². The van der Waals surface area contributed by atoms with E-state index < -0.39 is 6.10 Å². The van der Waals surface area contributed by atoms with Gasteiger partial charge in [-0.1, -0.05) is 235 Å². The summed E-state index contributed by atoms with van der Waals surface area (Å²) in [7, 11) is 0. The lowest BCUT2D eigenvalue weighted by Crippen LogP contribution is -2.30. The molecular weight excluding hydrogens is 769 g/mol. The molecule has 1 atom stereocenters. The number of hydrogen-bond acceptors (Lipinski definition) is 6. The lowest BCUT2D eigenvalue weighted by Gasteiger charge is -2.18. The van der Waals surface area contributed by atoms with E-state index in [9.17, 15) is 14.4 Å². The van der Waals surface area contributed by atoms with Crippen molar-refractivity contribution in [3.05, 3.63) is 72.9 Å². The van der Waals surface area contributed by atoms with Crippen molar-refractivity contribution in [3.63, 3.8) is 0 Å². The van der Waals surface area contributed by atoms with Crippen LogP contribution >= 0.6 is 0 Å². The molecule has 0 aromatic heterocycles. The van der Waals surface area contributed by atoms with Gasteiger partial charge < -0.3 is 14.2 Å². The lowest BCUT2D eigenvalue weighted by molar-refractivity contribution is -0.167. The van der Waals surface area contributed by atoms with Gasteiger partial charge in [-0.3, -0.25) is 14.4 Å². The normalized spacial score (nSPS) is 12.6. The third kappa shape index (κ3) is 47.9. The number of rotatable bonds is 46. The molecule has 0 heterocycles. The zero-order valence-corrected chi connectivity index (χ0v) is 40.6. The summed E-state index contributed by atoms with van der Waals surface area (Å²) in [6.45, 7) is 6.44. The third-order valence-corrected chi connectivity index (χ3v) is 11.1. The highest BCUT2D eigenvalue weighted by Crippen LogP contribution is 2.15. The molecule has 0 N–H and O–H groups in total. The Morgan fingerprint density at radius 2 is 0.629 bits per heavy atom. The number of esters is 3. The summed E-state index contributed by atoms with van der Waals surface area (Å²) in [4.78, 5) is 37.9. The first kappa shape index (κ1) is 58.9. The number of ether oxygens (including phenoxy) is 3. The van der Waals surface area contributed by atoms with Crippen molar-refractivity contribution in [1.29, 1.82) is 0 Å². The van der Waals surface area contributed by atoms with E-state index in [-0.39, 0.29) is 31.1 Å². The molecule has 0 rings (SSSR count). The van der Waals surface area contributed by atoms with Crippen LogP contribution in [-0.2, 0) is 28.6 Å². The molecule has 0 spiro atoms. The van der Waals surface area contributed by atoms with Gasteiger partial charge in [-0.2, -0.15) is 0 Å². The van der Waals surface area contributed by atoms with E-state index in [0.29, 0.717) is 19.3 Å². The van der Waals surface area contributed by atoms with Crippen LogP contribution in [0, 0.1) is 0 Å². The number of carbonyl (C=O) groups is 3. The average molecular weight is 865 g/mol. The molecule has 0 radical (unpaired) electrons. The van der Waals surface area contributed by atoms with Crippen LogP contribution in [0.1, 0.15) is 245 Å². The molecule has 0 aliphatic carbocycles. The van der Waals surface area contributed by atoms with Crippen LogP contribution in [0.15, 0.2) is 72.9 Å². The molecule has 6 nitrogen and oxygen atoms in total. The minimum absolute atomic E-state index is 0.101. The van der Waals surface area contributed by atoms with Crippen LogP contribution in [0.2, 0.25) is 0 Å². The van der Waals surface area contributed by atoms with Gasteiger partial charge in [0.05, 0.1) is 0 Å². The maximum absolute atomic E-state index is 12.8. The number of hydrogen-bond donors (Lipinski definition) is 0. The van der Waals surface area contributed by atoms with Crippen molar-refractivity contribution in [2.75, 3.05) is 13.2 Å². The fraction of sp³-hybridized carbons (Fsp3) is 0.732. The standard InChI is InChI=1S/C56H96O6/c1-4-7-10-13-16-19-22-25-27-29-31-34-37-40-43-46-49-55(58)61-52-53(51-60-54(57)48-45-42-39-36-33-30-24-21-18-15-12-9-6-3)62-56(59)50-47-44-41-38-35-32-28-26-23-20-17-14-11-8-5-2/h9,12,15,18,21,24,27,29-31,33-34,53H,4-8,10-11,13-14,16-17,19-20,22-23,25-26,28,32,35-52H2,1-3H3/b12-9-,18-15-,24-21-,29-27-,33-30-,34-31-. The Balaban J connectivity index is 4.46. The fourth-order valence-electron chi connectivity index (χ4n) is 7.15. The van der Waals surface area contributed by atoms with Crippen molar-refractivity contribution in [2.45, 2.75) is 252 Å². The number of allylic oxidation sites excluding steroid dienone is 12. The first-order valence-corrected chi connectivity index (χ1v) is 26.0. The Hall–Kier alpha value is -3.15. The molecule has 356 valence electrons. The predicted molar refractivity (Wildman–Crippen MR) is 265 cm³/mol. The zero-order valence-electron chi connectivity index (χ0n) is 40.6. The number of unbranched alkanes of at least 4 members (excludes halogenated alkanes) is 27. The smallest absolute Gasteiger partial charge is 0.306 e. The SMILES string of the molecule is CC\C=C/C=C\C=C/C=C\CCCCCC(=O)OCC(COC(=O)CCCCC/C=C\C=C/CCCCCCCCC)OC(=O)CCCCCCCCCCCCCCCCC. The van der Waals surface area contributed by atoms with Crippen molar-refractivity contribution in [1.82, 2.24) is 0 Å². The number of carbonyl (C=O) groups excluding carboxylic acids is 3. The van der Waals surface area contributed by atoms with E-state index in [1.54, 1.807) is 0 Å². The van der Waals surface area contributed by atoms with Crippen LogP contribution < -0.4 is 0 Å². The Bertz CT molecular complexity index is 1180. The topological polar surface area (TPSA) is 78.9 Å². The van der Waals surface area contributed by atoms with Gasteiger partial charge in [-0.25, -0.2) is 0 Å². The van der Waals surface area contributed by atoms with Crippen molar-refractivity contribution >= 4 is 17.9 Å². The molecule has 0 aromatic rings. The van der Waals surface area contributed by atoms with E-state index in [1.165, 1.54) is 122 Å². The summed E-state index contributed by atoms with van der Waals surface area (Å²) in [6, 6.07) is 0. The molecule has 0 aliphatic rings. The summed E-state index contributed by atoms with van der Waals surface area (Å²) in [5, 5.41) is 0. The average Bonchev–Trinajstić information content (AvgIpc) is 3.27. The first-order chi connectivity index (χ1) is 30.5. The quantitative estimate of drug-likeness (QED) is 0.0262. The zero-order chi connectivity index (χ0) is 45.1. The molecular formula is C56H96O6. The molecule has 0 aliphatic heterocycles. The molecule has 0 saturated heterocycles. The molecule has 1 unspecified atom stereocenters. The van der Waals surface area contributed by atoms with Gasteiger partial charge >= 0.3 is 17.9 Å². The van der Waals surface area contributed by atoms with Crippen LogP contribution in [0.3, 0.4) is 0 Å². The Morgan fingerprint density at radius 3 is 1.02 bits per heavy atom. The highest BCUT2D eigenvalue weighted by Gasteiger charge is 2.19. The maximum atomic E-state index is 12.8. The van der Waals surface area contributed by atoms with Crippen LogP contribution in [0.5, 0.6) is 0 Å². The van der Waals surface area contributed by atoms with Crippen molar-refractivity contribution < 1.29 is 28.6 Å². The van der Waals surface area contributed by atoms with Gasteiger partial charge in [0.2, 0.25) is 0 Å². The van der Waals surface area contributed by atoms with Gasteiger partial charge in [-0.05, 0) is 64.2 Å². The van der Waals surface area contributed by atoms with Gasteiger partial charge in [0.25, 0.3) is 0 Å². The molecule has 6 heteroatoms. The Morgan fingerprint density at radius 1 is 0.339 bits per heavy atom. The second-order valence-electron chi connectivity index (χ2n) is 17.2. The molecule has 0 bridgehead atoms. The Labute approximate surface area is 382 Å². The van der Waals surface area contributed by atoms with Crippen molar-refractivity contribution in [2.24, 2.45) is 0 Å². The monoisotopic (exact) mass is 865 g/mol. The van der Waals surface area contributed by atoms with E-state index in [0.717, 1.165) is 83.5 Å². The first-order valence-electron chi connectivity index (χ1n) is 26.0. The lowest BCUT2D eigenvalue weighted by atomic mass is 10.0. The van der Waals surface area contributed by atoms with Gasteiger partial charge in [0, 0.05) is 19.3 Å². The van der Waals surface area contributed by atoms with E-state index in [2.05, 4.69) is 57.2 Å². The van der Waals surface area contributed by atoms with Gasteiger partial charge in [-0.15, -0.1) is 0 Å². The maximum Gasteiger partial charge on any atom is 0.306 e. The summed E-state index contributed by atoms with van der Waals surface area (Å²) in [5.41, 5.74) is 0. The van der Waals surface area contributed by atoms with Crippen LogP contribution in [0.25, 0.3) is 0 Å². The van der Waals surface area contributed by atoms with Crippen LogP contribution in [0.4, 0.5) is 0 Å². The highest BCUT2D eigenvalue weighted by atomic mass is 16.6. The van der Waals surface area contributed by atoms with Crippen LogP contribution in [-0.4, -0.2) is 37.2 Å². The largest absolute Gasteiger partial charge is 0.462 e. The minimum Gasteiger partial charge on any atom is -0.462 e. The molecule has 0 fully saturated rings. The van der Waals surface area contributed by atoms with E-state index in [4.69, 9.17) is 14.2 Å². The second-order valence-corrected chi connectivity index (χ2v) is 17.2. The molecule has 0 saturated carbocycles. The van der Waals surface area contributed by atoms with Gasteiger partial charge in [0.1, 0.15) is 13.2 Å². The Kier molecular flexibility index (Phi) is 47.9. The summed E-state index contributed by atoms with van der Waals surface area (Å²) >= 11 is 0. The summed E-state index contributed by atoms with van der Waals surface area (Å²) in [5.74, 6) is -0.960. The second kappa shape index (κ2) is 50.5. The summed E-state index contributed by atoms with van der Waals surface area (Å²) < 4.78 is 16.7. The molecule has 62 heavy (non-hydrogen) atoms. The third-order valence-electron chi connectivity index (χ3n) is 11.1. The van der Waals surface area contributed by atoms with Crippen molar-refractivity contribution in [3.8, 4) is 0 Å². The molecule has 0 amide bonds. The van der Waals surface area contributed by atoms with E-state index in [1.807, 2.05) is 36.5 Å². The summed E-state index contributed by atoms with van der Waals surface area (Å²) in [6.07, 6.45) is 63.2. The highest BCUT2D eigenvalue weighted by molar-refractivity contribution is 5.71. The van der Waals surface area contributed by atoms with E-state index >= 15 is 0 Å². The minimum atomic E-state index is -0.800. The predicted octanol–water partition coefficient (Wildman–Crippen LogP) is 17.0. The fourth-order valence-corrected chi connectivity index (χ4v) is 7.15.